The van der Waals surface area contributed by atoms with Crippen molar-refractivity contribution in [2.45, 2.75) is 38.8 Å². The molecule has 0 saturated carbocycles. The number of carbonyl (C=O) groups excluding carboxylic acids is 1. The number of hydrogen-bond donors (Lipinski definition) is 4. The molecule has 1 aliphatic heterocycles. The van der Waals surface area contributed by atoms with Crippen LogP contribution >= 0.6 is 0 Å². The normalized spacial score (nSPS) is 17.1. The van der Waals surface area contributed by atoms with Crippen LogP contribution in [-0.4, -0.2) is 93.7 Å². The molecule has 5 rings (SSSR count). The number of aromatic nitrogens is 4. The van der Waals surface area contributed by atoms with E-state index in [0.717, 1.165) is 18.2 Å². The van der Waals surface area contributed by atoms with E-state index in [4.69, 9.17) is 19.7 Å². The maximum absolute atomic E-state index is 14.7. The van der Waals surface area contributed by atoms with Gasteiger partial charge in [-0.05, 0) is 38.1 Å². The molecule has 2 aromatic heterocycles. The van der Waals surface area contributed by atoms with Crippen LogP contribution in [0.2, 0.25) is 0 Å². The summed E-state index contributed by atoms with van der Waals surface area (Å²) in [6.07, 6.45) is -1.57. The minimum Gasteiger partial charge on any atom is -0.0585 e. The van der Waals surface area contributed by atoms with E-state index < -0.39 is 36.0 Å². The van der Waals surface area contributed by atoms with Crippen LogP contribution in [0.4, 0.5) is 10.3 Å². The number of aryl methyl sites for hydroxylation is 2. The van der Waals surface area contributed by atoms with Crippen LogP contribution in [-0.2, 0) is 29.6 Å². The zero-order chi connectivity index (χ0) is 30.1. The van der Waals surface area contributed by atoms with Gasteiger partial charge in [-0.15, -0.1) is 0 Å². The van der Waals surface area contributed by atoms with Gasteiger partial charge in [-0.3, -0.25) is 0 Å². The quantitative estimate of drug-likeness (QED) is 0.167. The number of halogens is 1. The predicted octanol–water partition coefficient (Wildman–Crippen LogP) is 2.71. The molecule has 2 aromatic carbocycles. The number of H-pyrrole nitrogens is 1. The van der Waals surface area contributed by atoms with E-state index in [-0.39, 0.29) is 44.3 Å². The monoisotopic (exact) mass is 952 g/mol. The molecule has 15 heteroatoms. The average Bonchev–Trinajstić information content (AvgIpc) is 3.56. The number of imidazole rings is 1. The van der Waals surface area contributed by atoms with Crippen molar-refractivity contribution in [1.82, 2.24) is 19.5 Å². The molecule has 0 amide bonds. The smallest absolute Gasteiger partial charge is 0 e. The number of anilines is 1. The molecule has 0 aliphatic carbocycles. The molecule has 4 aromatic rings. The molecule has 0 bridgehead atoms. The molecule has 0 spiro atoms. The maximum Gasteiger partial charge on any atom is 0 e. The number of aromatic carboxylic acids is 1. The third-order valence-corrected chi connectivity index (χ3v) is 7.02. The predicted molar refractivity (Wildman–Crippen MR) is 149 cm³/mol. The number of nitrogens with one attached hydrogen (secondary N) is 2. The average molecular weight is 951 g/mol. The first-order valence-corrected chi connectivity index (χ1v) is 14.6. The number of fused-ring (bicyclic) bond motifs is 1. The van der Waals surface area contributed by atoms with Gasteiger partial charge in [-0.2, -0.15) is 0 Å². The molecule has 1 aliphatic rings. The van der Waals surface area contributed by atoms with Crippen molar-refractivity contribution >= 4 is 55.1 Å². The third kappa shape index (κ3) is 8.97. The summed E-state index contributed by atoms with van der Waals surface area (Å²) in [4.78, 5) is 45.4. The molecule has 1 radical (unpaired) electrons. The van der Waals surface area contributed by atoms with Gasteiger partial charge >= 0.3 is 150 Å². The van der Waals surface area contributed by atoms with E-state index >= 15 is 0 Å². The Morgan fingerprint density at radius 2 is 1.69 bits per heavy atom. The van der Waals surface area contributed by atoms with Crippen LogP contribution < -0.4 is 8.69 Å². The Labute approximate surface area is 270 Å². The summed E-state index contributed by atoms with van der Waals surface area (Å²) in [5, 5.41) is 15.5. The summed E-state index contributed by atoms with van der Waals surface area (Å²) < 4.78 is 30.0. The number of alkyl halides is 1. The first-order chi connectivity index (χ1) is 19.7. The summed E-state index contributed by atoms with van der Waals surface area (Å²) in [6, 6.07) is 13.7. The molecule has 3 heterocycles. The Kier molecular flexibility index (Phi) is 13.9. The van der Waals surface area contributed by atoms with Crippen LogP contribution in [0.3, 0.4) is 0 Å². The van der Waals surface area contributed by atoms with Gasteiger partial charge in [0.15, 0.2) is 0 Å². The van der Waals surface area contributed by atoms with Crippen molar-refractivity contribution in [3.63, 3.8) is 0 Å². The summed E-state index contributed by atoms with van der Waals surface area (Å²) in [6.45, 7) is 3.78. The number of aromatic amines is 1. The minimum absolute atomic E-state index is 0. The first kappa shape index (κ1) is 35.1. The van der Waals surface area contributed by atoms with Crippen molar-refractivity contribution in [3.05, 3.63) is 87.5 Å². The van der Waals surface area contributed by atoms with E-state index in [1.165, 1.54) is 10.9 Å². The van der Waals surface area contributed by atoms with Gasteiger partial charge < -0.3 is 10.2 Å². The molecular weight excluding hydrogens is 922 g/mol. The Bertz CT molecular complexity index is 1530. The van der Waals surface area contributed by atoms with Gasteiger partial charge in [0.05, 0.1) is 5.56 Å². The fraction of sp³-hybridized carbons (Fsp3) is 0.296. The minimum atomic E-state index is -1.36. The number of aliphatic hydroxyl groups excluding tert-OH is 1. The number of rotatable bonds is 6. The van der Waals surface area contributed by atoms with E-state index in [9.17, 15) is 18.8 Å². The molecule has 3 atom stereocenters. The van der Waals surface area contributed by atoms with Crippen molar-refractivity contribution < 1.29 is 53.8 Å². The number of carboxylic acid groups (broad SMARTS) is 1. The van der Waals surface area contributed by atoms with Gasteiger partial charge in [0.25, 0.3) is 0 Å². The van der Waals surface area contributed by atoms with E-state index in [0.29, 0.717) is 43.1 Å². The maximum atomic E-state index is 14.7. The van der Waals surface area contributed by atoms with Gasteiger partial charge in [-0.1, -0.05) is 35.4 Å². The van der Waals surface area contributed by atoms with Crippen molar-refractivity contribution in [2.75, 3.05) is 16.8 Å². The number of aliphatic hydroxyl groups is 1. The van der Waals surface area contributed by atoms with Gasteiger partial charge in [-0.25, -0.2) is 4.79 Å². The van der Waals surface area contributed by atoms with E-state index in [1.54, 1.807) is 36.4 Å². The van der Waals surface area contributed by atoms with Crippen molar-refractivity contribution in [1.29, 1.82) is 0 Å². The molecule has 3 unspecified atom stereocenters. The fourth-order valence-corrected chi connectivity index (χ4v) is 4.40. The summed E-state index contributed by atoms with van der Waals surface area (Å²) in [5.74, 6) is -1.05. The van der Waals surface area contributed by atoms with Gasteiger partial charge in [0, 0.05) is 27.2 Å². The zero-order valence-electron chi connectivity index (χ0n) is 22.9. The molecule has 1 saturated heterocycles. The van der Waals surface area contributed by atoms with Gasteiger partial charge in [0.1, 0.15) is 0 Å². The second-order valence-electron chi connectivity index (χ2n) is 8.92. The number of benzene rings is 2. The fourth-order valence-electron chi connectivity index (χ4n) is 3.87. The molecule has 42 heavy (non-hydrogen) atoms. The third-order valence-electron chi connectivity index (χ3n) is 5.96. The van der Waals surface area contributed by atoms with Crippen LogP contribution in [0.5, 0.6) is 0 Å². The molecule has 1 fully saturated rings. The number of nitrogens with zero attached hydrogens (tertiary/aromatic N) is 3. The van der Waals surface area contributed by atoms with E-state index in [2.05, 4.69) is 18.1 Å². The summed E-state index contributed by atoms with van der Waals surface area (Å²) >= 11 is 0.376. The van der Waals surface area contributed by atoms with Gasteiger partial charge in [0.2, 0.25) is 0 Å². The van der Waals surface area contributed by atoms with Crippen LogP contribution in [0, 0.1) is 13.8 Å². The molecular formula is C27H29FIrN5O7Tl. The molecule has 12 nitrogen and oxygen atoms in total. The number of ether oxygens (including phenoxy) is 2. The standard InChI is InChI=1S/C18H18FN5O4.C8H8O2.CH4O.Ir.Tl/c1-9-2-4-10(5-3-9)17(26)27-7-11-6-12(19)16(28-11)24-8-21-13-14(24)22-18(20)23-15(13)25;1-6-2-4-7(5-3-6)8(9)10;1-2;;/h2-5,8,11-12,16H,6-7H2,1H3,(H3,20,22,23,25);2-5H,1H3,(H,9,10);2H,1H3;;/q;;;;+1/p-1. The number of carboxylic acids is 1. The second kappa shape index (κ2) is 16.6. The van der Waals surface area contributed by atoms with Crippen molar-refractivity contribution in [2.24, 2.45) is 0 Å². The number of hydrogen-bond acceptors (Lipinski definition) is 9. The Hall–Kier alpha value is -3.05. The molecule has 223 valence electrons. The Morgan fingerprint density at radius 1 is 1.12 bits per heavy atom. The second-order valence-corrected chi connectivity index (χ2v) is 10.0. The Balaban J connectivity index is 0.000000401. The molecule has 4 N–H and O–H groups in total. The number of esters is 1. The summed E-state index contributed by atoms with van der Waals surface area (Å²) in [5.41, 5.74) is 2.81. The SMILES string of the molecule is CO.Cc1ccc(C(=O)O)cc1.Cc1ccc(C(=O)OCC2CC(F)C(n3cnc4c(=O)[nH]c([NH][Tl])nc43)O2)cc1.[Ir]. The first-order valence-electron chi connectivity index (χ1n) is 12.4. The largest absolute Gasteiger partial charge is 0.0585 e. The van der Waals surface area contributed by atoms with Crippen LogP contribution in [0.1, 0.15) is 44.5 Å². The van der Waals surface area contributed by atoms with E-state index in [1.807, 2.05) is 26.0 Å². The van der Waals surface area contributed by atoms with Crippen LogP contribution in [0.25, 0.3) is 11.2 Å². The van der Waals surface area contributed by atoms with Crippen molar-refractivity contribution in [3.8, 4) is 0 Å². The summed E-state index contributed by atoms with van der Waals surface area (Å²) in [7, 11) is 1.00. The van der Waals surface area contributed by atoms with Crippen LogP contribution in [0.15, 0.2) is 59.7 Å². The zero-order valence-corrected chi connectivity index (χ0v) is 29.8. The number of carbonyl (C=O) groups is 2. The Morgan fingerprint density at radius 3 is 2.24 bits per heavy atom. The topological polar surface area (TPSA) is 169 Å².